The molecule has 0 spiro atoms. The normalized spacial score (nSPS) is 12.0. The Kier molecular flexibility index (Phi) is 6.74. The molecule has 1 aromatic heterocycles. The van der Waals surface area contributed by atoms with Crippen LogP contribution in [0, 0.1) is 12.7 Å². The fourth-order valence-corrected chi connectivity index (χ4v) is 2.13. The van der Waals surface area contributed by atoms with Crippen LogP contribution in [0.15, 0.2) is 36.7 Å². The molecule has 0 bridgehead atoms. The second-order valence-corrected chi connectivity index (χ2v) is 5.67. The number of aromatic nitrogens is 2. The molecule has 1 amide bonds. The monoisotopic (exact) mass is 334 g/mol. The minimum atomic E-state index is -0.305. The molecule has 130 valence electrons. The molecule has 2 rings (SSSR count). The van der Waals surface area contributed by atoms with Gasteiger partial charge in [-0.15, -0.1) is 0 Å². The van der Waals surface area contributed by atoms with E-state index in [9.17, 15) is 9.18 Å². The van der Waals surface area contributed by atoms with Gasteiger partial charge in [0.25, 0.3) is 0 Å². The van der Waals surface area contributed by atoms with Gasteiger partial charge in [-0.25, -0.2) is 4.39 Å². The van der Waals surface area contributed by atoms with E-state index in [-0.39, 0.29) is 24.3 Å². The molecular weight excluding hydrogens is 311 g/mol. The number of hydrogen-bond donors (Lipinski definition) is 2. The number of hydrogen-bond acceptors (Lipinski definition) is 4. The van der Waals surface area contributed by atoms with Crippen molar-refractivity contribution in [2.45, 2.75) is 26.4 Å². The van der Waals surface area contributed by atoms with Crippen LogP contribution in [0.25, 0.3) is 0 Å². The zero-order chi connectivity index (χ0) is 17.4. The Morgan fingerprint density at radius 1 is 1.38 bits per heavy atom. The van der Waals surface area contributed by atoms with Gasteiger partial charge in [-0.05, 0) is 43.7 Å². The van der Waals surface area contributed by atoms with Crippen molar-refractivity contribution in [1.29, 1.82) is 0 Å². The highest BCUT2D eigenvalue weighted by Gasteiger charge is 2.06. The van der Waals surface area contributed by atoms with Gasteiger partial charge in [-0.1, -0.05) is 0 Å². The van der Waals surface area contributed by atoms with Crippen molar-refractivity contribution >= 4 is 5.91 Å². The van der Waals surface area contributed by atoms with Crippen LogP contribution in [0.5, 0.6) is 5.75 Å². The van der Waals surface area contributed by atoms with Crippen molar-refractivity contribution in [3.63, 3.8) is 0 Å². The highest BCUT2D eigenvalue weighted by atomic mass is 19.1. The first-order valence-electron chi connectivity index (χ1n) is 7.90. The maximum absolute atomic E-state index is 12.7. The summed E-state index contributed by atoms with van der Waals surface area (Å²) in [7, 11) is 0. The first kappa shape index (κ1) is 17.9. The predicted molar refractivity (Wildman–Crippen MR) is 89.3 cm³/mol. The van der Waals surface area contributed by atoms with E-state index in [0.717, 1.165) is 5.56 Å². The van der Waals surface area contributed by atoms with Gasteiger partial charge in [0.05, 0.1) is 25.8 Å². The third kappa shape index (κ3) is 6.37. The van der Waals surface area contributed by atoms with E-state index in [0.29, 0.717) is 25.4 Å². The summed E-state index contributed by atoms with van der Waals surface area (Å²) in [4.78, 5) is 11.8. The van der Waals surface area contributed by atoms with Crippen LogP contribution in [-0.4, -0.2) is 41.4 Å². The maximum Gasteiger partial charge on any atom is 0.234 e. The fraction of sp³-hybridized carbons (Fsp3) is 0.412. The van der Waals surface area contributed by atoms with Gasteiger partial charge in [0, 0.05) is 12.2 Å². The van der Waals surface area contributed by atoms with Gasteiger partial charge in [0.15, 0.2) is 0 Å². The van der Waals surface area contributed by atoms with E-state index in [1.165, 1.54) is 12.1 Å². The van der Waals surface area contributed by atoms with Crippen LogP contribution in [0.4, 0.5) is 4.39 Å². The topological polar surface area (TPSA) is 68.2 Å². The number of nitrogens with one attached hydrogen (secondary N) is 2. The lowest BCUT2D eigenvalue weighted by molar-refractivity contribution is -0.120. The summed E-state index contributed by atoms with van der Waals surface area (Å²) >= 11 is 0. The van der Waals surface area contributed by atoms with Gasteiger partial charge in [-0.3, -0.25) is 9.48 Å². The third-order valence-electron chi connectivity index (χ3n) is 3.34. The van der Waals surface area contributed by atoms with Crippen LogP contribution in [0.3, 0.4) is 0 Å². The van der Waals surface area contributed by atoms with Crippen LogP contribution < -0.4 is 15.4 Å². The highest BCUT2D eigenvalue weighted by Crippen LogP contribution is 2.10. The highest BCUT2D eigenvalue weighted by molar-refractivity contribution is 5.77. The summed E-state index contributed by atoms with van der Waals surface area (Å²) in [5.74, 6) is 0.175. The number of carbonyl (C=O) groups excluding carboxylic acids is 1. The minimum absolute atomic E-state index is 0.0961. The zero-order valence-electron chi connectivity index (χ0n) is 14.0. The molecule has 0 aliphatic carbocycles. The number of carbonyl (C=O) groups is 1. The molecule has 0 fully saturated rings. The van der Waals surface area contributed by atoms with Crippen molar-refractivity contribution in [3.05, 3.63) is 48.0 Å². The van der Waals surface area contributed by atoms with Gasteiger partial charge >= 0.3 is 0 Å². The molecule has 2 aromatic rings. The summed E-state index contributed by atoms with van der Waals surface area (Å²) in [6.07, 6.45) is 3.77. The standard InChI is InChI=1S/C17H23FN4O2/c1-13-9-21-22(11-13)12-14(2)20-10-17(23)19-7-8-24-16-5-3-15(18)4-6-16/h3-6,9,11,14,20H,7-8,10,12H2,1-2H3,(H,19,23). The molecule has 1 heterocycles. The van der Waals surface area contributed by atoms with Crippen molar-refractivity contribution < 1.29 is 13.9 Å². The van der Waals surface area contributed by atoms with Gasteiger partial charge in [0.1, 0.15) is 18.2 Å². The lowest BCUT2D eigenvalue weighted by atomic mass is 10.3. The van der Waals surface area contributed by atoms with E-state index >= 15 is 0 Å². The van der Waals surface area contributed by atoms with Crippen LogP contribution in [-0.2, 0) is 11.3 Å². The SMILES string of the molecule is Cc1cnn(CC(C)NCC(=O)NCCOc2ccc(F)cc2)c1. The lowest BCUT2D eigenvalue weighted by Crippen LogP contribution is -2.40. The van der Waals surface area contributed by atoms with E-state index in [4.69, 9.17) is 4.74 Å². The first-order valence-corrected chi connectivity index (χ1v) is 7.90. The van der Waals surface area contributed by atoms with Gasteiger partial charge in [0.2, 0.25) is 5.91 Å². The Labute approximate surface area is 141 Å². The summed E-state index contributed by atoms with van der Waals surface area (Å²) in [5, 5.41) is 10.1. The molecular formula is C17H23FN4O2. The molecule has 1 aromatic carbocycles. The third-order valence-corrected chi connectivity index (χ3v) is 3.34. The first-order chi connectivity index (χ1) is 11.5. The molecule has 2 N–H and O–H groups in total. The van der Waals surface area contributed by atoms with Crippen molar-refractivity contribution in [3.8, 4) is 5.75 Å². The molecule has 1 unspecified atom stereocenters. The molecule has 0 saturated carbocycles. The number of amides is 1. The van der Waals surface area contributed by atoms with Gasteiger partial charge in [-0.2, -0.15) is 5.10 Å². The van der Waals surface area contributed by atoms with Crippen LogP contribution in [0.1, 0.15) is 12.5 Å². The molecule has 24 heavy (non-hydrogen) atoms. The molecule has 6 nitrogen and oxygen atoms in total. The molecule has 0 aliphatic heterocycles. The van der Waals surface area contributed by atoms with Crippen LogP contribution in [0.2, 0.25) is 0 Å². The number of nitrogens with zero attached hydrogens (tertiary/aromatic N) is 2. The molecule has 0 saturated heterocycles. The van der Waals surface area contributed by atoms with Crippen molar-refractivity contribution in [2.24, 2.45) is 0 Å². The maximum atomic E-state index is 12.7. The Bertz CT molecular complexity index is 642. The summed E-state index contributed by atoms with van der Waals surface area (Å²) in [6, 6.07) is 5.90. The van der Waals surface area contributed by atoms with E-state index < -0.39 is 0 Å². The Morgan fingerprint density at radius 2 is 2.12 bits per heavy atom. The lowest BCUT2D eigenvalue weighted by Gasteiger charge is -2.14. The molecule has 0 radical (unpaired) electrons. The van der Waals surface area contributed by atoms with E-state index in [2.05, 4.69) is 15.7 Å². The summed E-state index contributed by atoms with van der Waals surface area (Å²) in [5.41, 5.74) is 1.11. The number of halogens is 1. The Balaban J connectivity index is 1.56. The quantitative estimate of drug-likeness (QED) is 0.682. The number of ether oxygens (including phenoxy) is 1. The van der Waals surface area contributed by atoms with E-state index in [1.807, 2.05) is 24.7 Å². The fourth-order valence-electron chi connectivity index (χ4n) is 2.13. The minimum Gasteiger partial charge on any atom is -0.492 e. The number of aryl methyl sites for hydroxylation is 1. The summed E-state index contributed by atoms with van der Waals surface area (Å²) in [6.45, 7) is 5.65. The second-order valence-electron chi connectivity index (χ2n) is 5.67. The second kappa shape index (κ2) is 9.02. The average molecular weight is 334 g/mol. The molecule has 0 aliphatic rings. The van der Waals surface area contributed by atoms with Crippen molar-refractivity contribution in [1.82, 2.24) is 20.4 Å². The van der Waals surface area contributed by atoms with Crippen molar-refractivity contribution in [2.75, 3.05) is 19.7 Å². The van der Waals surface area contributed by atoms with Crippen LogP contribution >= 0.6 is 0 Å². The van der Waals surface area contributed by atoms with Gasteiger partial charge < -0.3 is 15.4 Å². The van der Waals surface area contributed by atoms with E-state index in [1.54, 1.807) is 18.3 Å². The predicted octanol–water partition coefficient (Wildman–Crippen LogP) is 1.50. The average Bonchev–Trinajstić information content (AvgIpc) is 2.96. The smallest absolute Gasteiger partial charge is 0.234 e. The summed E-state index contributed by atoms with van der Waals surface area (Å²) < 4.78 is 20.0. The number of benzene rings is 1. The number of rotatable bonds is 9. The molecule has 1 atom stereocenters. The largest absolute Gasteiger partial charge is 0.492 e. The Hall–Kier alpha value is -2.41. The zero-order valence-corrected chi connectivity index (χ0v) is 14.0. The Morgan fingerprint density at radius 3 is 2.79 bits per heavy atom. The molecule has 7 heteroatoms.